The molecule has 5 amide bonds. The van der Waals surface area contributed by atoms with Gasteiger partial charge in [0.25, 0.3) is 6.43 Å². The number of amides is 5. The molecule has 0 aliphatic carbocycles. The van der Waals surface area contributed by atoms with E-state index in [4.69, 9.17) is 0 Å². The molecule has 3 aliphatic heterocycles. The van der Waals surface area contributed by atoms with E-state index in [0.717, 1.165) is 42.6 Å². The van der Waals surface area contributed by atoms with Gasteiger partial charge in [-0.2, -0.15) is 5.10 Å². The number of aryl methyl sites for hydroxylation is 3. The Morgan fingerprint density at radius 2 is 1.77 bits per heavy atom. The summed E-state index contributed by atoms with van der Waals surface area (Å²) >= 11 is 0. The zero-order valence-corrected chi connectivity index (χ0v) is 37.6. The van der Waals surface area contributed by atoms with Crippen LogP contribution in [-0.2, 0) is 34.9 Å². The topological polar surface area (TPSA) is 204 Å². The van der Waals surface area contributed by atoms with Gasteiger partial charge in [0.15, 0.2) is 0 Å². The number of hydrogen-bond donors (Lipinski definition) is 6. The third-order valence-electron chi connectivity index (χ3n) is 12.8. The summed E-state index contributed by atoms with van der Waals surface area (Å²) in [6.45, 7) is 4.35. The second-order valence-electron chi connectivity index (χ2n) is 17.0. The number of piperidine rings is 2. The number of halogens is 2. The Morgan fingerprint density at radius 1 is 0.985 bits per heavy atom. The molecular weight excluding hydrogens is 839 g/mol. The molecule has 1 atom stereocenters. The third kappa shape index (κ3) is 10.4. The van der Waals surface area contributed by atoms with Crippen LogP contribution in [0.5, 0.6) is 0 Å². The number of nitrogens with zero attached hydrogens (tertiary/aromatic N) is 6. The zero-order valence-electron chi connectivity index (χ0n) is 37.6. The number of nitrogens with one attached hydrogen (secondary N) is 6. The van der Waals surface area contributed by atoms with Gasteiger partial charge < -0.3 is 31.1 Å². The van der Waals surface area contributed by atoms with E-state index in [0.29, 0.717) is 91.7 Å². The first kappa shape index (κ1) is 46.5. The zero-order chi connectivity index (χ0) is 46.4. The molecule has 6 N–H and O–H groups in total. The Labute approximate surface area is 376 Å². The Balaban J connectivity index is 0.919. The van der Waals surface area contributed by atoms with Crippen molar-refractivity contribution in [2.24, 2.45) is 14.1 Å². The van der Waals surface area contributed by atoms with E-state index >= 15 is 0 Å². The van der Waals surface area contributed by atoms with E-state index in [-0.39, 0.29) is 54.3 Å². The number of unbranched alkanes of at least 4 members (excludes halogenated alkanes) is 2. The number of anilines is 2. The van der Waals surface area contributed by atoms with Gasteiger partial charge in [0.1, 0.15) is 11.9 Å². The lowest BCUT2D eigenvalue weighted by molar-refractivity contribution is -0.136. The van der Waals surface area contributed by atoms with Crippen molar-refractivity contribution in [1.82, 2.24) is 45.1 Å². The smallest absolute Gasteiger partial charge is 0.329 e. The normalized spacial score (nSPS) is 17.2. The molecule has 0 spiro atoms. The summed E-state index contributed by atoms with van der Waals surface area (Å²) in [4.78, 5) is 66.7. The second kappa shape index (κ2) is 20.5. The van der Waals surface area contributed by atoms with Crippen molar-refractivity contribution in [1.29, 1.82) is 5.41 Å². The number of alkyl halides is 2. The number of amidine groups is 1. The lowest BCUT2D eigenvalue weighted by Crippen LogP contribution is -2.46. The van der Waals surface area contributed by atoms with Gasteiger partial charge in [0.05, 0.1) is 17.2 Å². The number of allylic oxidation sites excluding steroid dienone is 1. The molecule has 4 aromatic rings. The summed E-state index contributed by atoms with van der Waals surface area (Å²) < 4.78 is 33.7. The van der Waals surface area contributed by atoms with Crippen LogP contribution in [0.3, 0.4) is 0 Å². The average molecular weight is 899 g/mol. The molecular formula is C46H60F2N12O5. The summed E-state index contributed by atoms with van der Waals surface area (Å²) in [6, 6.07) is 7.77. The Hall–Kier alpha value is -6.53. The summed E-state index contributed by atoms with van der Waals surface area (Å²) in [7, 11) is 4.93. The van der Waals surface area contributed by atoms with Crippen LogP contribution in [0.1, 0.15) is 94.7 Å². The highest BCUT2D eigenvalue weighted by Crippen LogP contribution is 2.39. The predicted octanol–water partition coefficient (Wildman–Crippen LogP) is 5.23. The maximum absolute atomic E-state index is 14.6. The van der Waals surface area contributed by atoms with Crippen LogP contribution in [0.25, 0.3) is 22.2 Å². The highest BCUT2D eigenvalue weighted by Gasteiger charge is 2.32. The minimum absolute atomic E-state index is 0.0293. The van der Waals surface area contributed by atoms with Gasteiger partial charge in [-0.1, -0.05) is 13.3 Å². The number of rotatable bonds is 16. The van der Waals surface area contributed by atoms with Crippen LogP contribution in [0.2, 0.25) is 0 Å². The predicted molar refractivity (Wildman–Crippen MR) is 245 cm³/mol. The summed E-state index contributed by atoms with van der Waals surface area (Å²) in [5, 5.41) is 28.5. The second-order valence-corrected chi connectivity index (χ2v) is 17.0. The highest BCUT2D eigenvalue weighted by molar-refractivity contribution is 6.09. The molecule has 2 saturated heterocycles. The number of carbonyl (C=O) groups excluding carboxylic acids is 4. The van der Waals surface area contributed by atoms with Crippen molar-refractivity contribution < 1.29 is 28.0 Å². The molecule has 2 fully saturated rings. The fourth-order valence-electron chi connectivity index (χ4n) is 9.22. The standard InChI is InChI=1S/C46H60F2N12O5/c1-5-35(34(26-52-45(64)50-2)43(49)59-19-9-10-28-22-32(29-25-53-56(3)27-29)33(42(47)48)24-38(28)59)54-30-16-20-58(21-17-30)41(62)11-7-6-8-18-51-31-12-13-36-39(23-31)57(4)46(65)60(36)37-14-15-40(61)55-44(37)63/h12-13,22-25,27,30,37,42,49,51,54H,5-11,14-21,26H2,1-4H3,(H2,50,52,64)(H,55,61,63)/b35-34-,49-43?. The molecule has 19 heteroatoms. The number of likely N-dealkylation sites (tertiary alicyclic amines) is 1. The van der Waals surface area contributed by atoms with E-state index in [1.54, 1.807) is 42.1 Å². The van der Waals surface area contributed by atoms with Crippen LogP contribution < -0.4 is 37.2 Å². The molecule has 7 rings (SSSR count). The molecule has 17 nitrogen and oxygen atoms in total. The molecule has 3 aliphatic rings. The summed E-state index contributed by atoms with van der Waals surface area (Å²) in [5.74, 6) is -0.548. The first-order chi connectivity index (χ1) is 31.3. The Morgan fingerprint density at radius 3 is 2.46 bits per heavy atom. The van der Waals surface area contributed by atoms with Crippen molar-refractivity contribution in [2.75, 3.05) is 50.0 Å². The molecule has 5 heterocycles. The van der Waals surface area contributed by atoms with Crippen LogP contribution >= 0.6 is 0 Å². The first-order valence-corrected chi connectivity index (χ1v) is 22.6. The molecule has 0 radical (unpaired) electrons. The van der Waals surface area contributed by atoms with Gasteiger partial charge >= 0.3 is 11.7 Å². The van der Waals surface area contributed by atoms with Gasteiger partial charge in [0.2, 0.25) is 17.7 Å². The van der Waals surface area contributed by atoms with E-state index in [2.05, 4.69) is 31.7 Å². The minimum Gasteiger partial charge on any atom is -0.385 e. The molecule has 2 aromatic carbocycles. The van der Waals surface area contributed by atoms with Crippen LogP contribution in [-0.4, -0.2) is 99.2 Å². The number of imide groups is 1. The van der Waals surface area contributed by atoms with Gasteiger partial charge in [0, 0.05) is 113 Å². The molecule has 1 unspecified atom stereocenters. The SMILES string of the molecule is CC/C(NC1CCN(C(=O)CCCCCNc2ccc3c(c2)n(C)c(=O)n3C2CCC(=O)NC2=O)CC1)=C(\CNC(=O)NC)C(=N)N1CCCc2cc(-c3cnn(C)c3)c(C(F)F)cc21. The minimum atomic E-state index is -2.74. The Kier molecular flexibility index (Phi) is 14.7. The van der Waals surface area contributed by atoms with Crippen molar-refractivity contribution in [3.63, 3.8) is 0 Å². The first-order valence-electron chi connectivity index (χ1n) is 22.6. The van der Waals surface area contributed by atoms with E-state index in [1.807, 2.05) is 30.0 Å². The molecule has 0 saturated carbocycles. The van der Waals surface area contributed by atoms with E-state index in [1.165, 1.54) is 22.2 Å². The largest absolute Gasteiger partial charge is 0.385 e. The van der Waals surface area contributed by atoms with E-state index in [9.17, 15) is 38.2 Å². The Bertz CT molecular complexity index is 2540. The number of benzene rings is 2. The van der Waals surface area contributed by atoms with Gasteiger partial charge in [-0.3, -0.25) is 38.9 Å². The van der Waals surface area contributed by atoms with Crippen molar-refractivity contribution in [2.45, 2.75) is 96.1 Å². The molecule has 0 bridgehead atoms. The highest BCUT2D eigenvalue weighted by atomic mass is 19.3. The number of aromatic nitrogens is 4. The third-order valence-corrected chi connectivity index (χ3v) is 12.8. The quantitative estimate of drug-likeness (QED) is 0.0377. The lowest BCUT2D eigenvalue weighted by Gasteiger charge is -2.36. The molecule has 348 valence electrons. The lowest BCUT2D eigenvalue weighted by atomic mass is 9.92. The fraction of sp³-hybridized carbons (Fsp3) is 0.500. The number of carbonyl (C=O) groups is 4. The van der Waals surface area contributed by atoms with Crippen molar-refractivity contribution >= 4 is 52.0 Å². The molecule has 65 heavy (non-hydrogen) atoms. The van der Waals surface area contributed by atoms with Gasteiger partial charge in [-0.05, 0) is 92.8 Å². The van der Waals surface area contributed by atoms with Crippen molar-refractivity contribution in [3.8, 4) is 11.1 Å². The summed E-state index contributed by atoms with van der Waals surface area (Å²) in [6.07, 6.45) is 7.24. The molecule has 2 aromatic heterocycles. The van der Waals surface area contributed by atoms with Gasteiger partial charge in [-0.25, -0.2) is 18.4 Å². The van der Waals surface area contributed by atoms with Crippen molar-refractivity contribution in [3.05, 3.63) is 75.6 Å². The average Bonchev–Trinajstić information content (AvgIpc) is 3.85. The van der Waals surface area contributed by atoms with Crippen LogP contribution in [0.15, 0.2) is 58.8 Å². The number of imidazole rings is 1. The maximum Gasteiger partial charge on any atom is 0.329 e. The van der Waals surface area contributed by atoms with E-state index < -0.39 is 24.4 Å². The number of fused-ring (bicyclic) bond motifs is 2. The summed E-state index contributed by atoms with van der Waals surface area (Å²) in [5.41, 5.74) is 5.53. The van der Waals surface area contributed by atoms with Gasteiger partial charge in [-0.15, -0.1) is 0 Å². The van der Waals surface area contributed by atoms with Crippen LogP contribution in [0, 0.1) is 5.41 Å². The number of hydrogen-bond acceptors (Lipinski definition) is 9. The maximum atomic E-state index is 14.6. The number of urea groups is 1. The fourth-order valence-corrected chi connectivity index (χ4v) is 9.22. The monoisotopic (exact) mass is 898 g/mol. The van der Waals surface area contributed by atoms with Crippen LogP contribution in [0.4, 0.5) is 25.0 Å².